The van der Waals surface area contributed by atoms with Gasteiger partial charge in [0.1, 0.15) is 23.2 Å². The van der Waals surface area contributed by atoms with Gasteiger partial charge in [0.2, 0.25) is 17.7 Å². The van der Waals surface area contributed by atoms with E-state index in [0.29, 0.717) is 10.6 Å². The van der Waals surface area contributed by atoms with Gasteiger partial charge in [-0.15, -0.1) is 11.3 Å². The number of hydrogen-bond donors (Lipinski definition) is 2. The van der Waals surface area contributed by atoms with Gasteiger partial charge in [-0.1, -0.05) is 0 Å². The van der Waals surface area contributed by atoms with E-state index in [1.54, 1.807) is 0 Å². The van der Waals surface area contributed by atoms with Crippen LogP contribution in [0.15, 0.2) is 0 Å². The third-order valence-electron chi connectivity index (χ3n) is 4.80. The van der Waals surface area contributed by atoms with E-state index in [0.717, 1.165) is 21.8 Å². The Morgan fingerprint density at radius 3 is 2.46 bits per heavy atom. The summed E-state index contributed by atoms with van der Waals surface area (Å²) in [5.41, 5.74) is 1.24. The minimum absolute atomic E-state index is 0.0428. The molecule has 0 unspecified atom stereocenters. The number of nitrogens with zero attached hydrogens (tertiary/aromatic N) is 2. The fourth-order valence-corrected chi connectivity index (χ4v) is 5.28. The molecular formula is C18H23N4O3S+. The van der Waals surface area contributed by atoms with Crippen LogP contribution in [0, 0.1) is 11.3 Å². The molecule has 2 aliphatic heterocycles. The molecule has 1 saturated heterocycles. The summed E-state index contributed by atoms with van der Waals surface area (Å²) in [6.45, 7) is 8.19. The number of anilines is 1. The molecular weight excluding hydrogens is 352 g/mol. The minimum atomic E-state index is -0.454. The van der Waals surface area contributed by atoms with Crippen molar-refractivity contribution in [3.63, 3.8) is 0 Å². The number of amides is 3. The fourth-order valence-electron chi connectivity index (χ4n) is 4.02. The zero-order valence-electron chi connectivity index (χ0n) is 15.4. The molecule has 3 amide bonds. The number of thiophene rings is 1. The van der Waals surface area contributed by atoms with Crippen LogP contribution in [0.5, 0.6) is 0 Å². The fraction of sp³-hybridized carbons (Fsp3) is 0.556. The van der Waals surface area contributed by atoms with Gasteiger partial charge in [-0.25, -0.2) is 0 Å². The zero-order chi connectivity index (χ0) is 19.3. The molecule has 0 atom stereocenters. The molecule has 0 spiro atoms. The maximum atomic E-state index is 12.4. The summed E-state index contributed by atoms with van der Waals surface area (Å²) in [5.74, 6) is -1.10. The highest BCUT2D eigenvalue weighted by molar-refractivity contribution is 7.16. The molecule has 0 aliphatic carbocycles. The third-order valence-corrected chi connectivity index (χ3v) is 6.28. The molecule has 3 heterocycles. The number of likely N-dealkylation sites (tertiary alicyclic amines) is 1. The van der Waals surface area contributed by atoms with Crippen molar-refractivity contribution in [2.75, 3.05) is 11.9 Å². The van der Waals surface area contributed by atoms with E-state index in [9.17, 15) is 19.6 Å². The van der Waals surface area contributed by atoms with E-state index in [1.165, 1.54) is 11.3 Å². The van der Waals surface area contributed by atoms with Crippen LogP contribution in [0.3, 0.4) is 0 Å². The van der Waals surface area contributed by atoms with Crippen LogP contribution in [-0.4, -0.2) is 34.7 Å². The Morgan fingerprint density at radius 2 is 1.88 bits per heavy atom. The highest BCUT2D eigenvalue weighted by Crippen LogP contribution is 2.41. The Hall–Kier alpha value is -2.24. The molecule has 2 aliphatic rings. The van der Waals surface area contributed by atoms with E-state index in [-0.39, 0.29) is 42.3 Å². The predicted octanol–water partition coefficient (Wildman–Crippen LogP) is 0.840. The van der Waals surface area contributed by atoms with Gasteiger partial charge in [-0.05, 0) is 33.3 Å². The SMILES string of the molecule is CC1(C)Cc2c(sc(NC(=O)CN3C(=O)CCC3=O)c2C#N)C(C)(C)[NH2+]1. The standard InChI is InChI=1S/C18H22N4O3S/c1-17(2)7-10-11(8-19)16(26-15(10)18(3,4)21-17)20-12(23)9-22-13(24)5-6-14(22)25/h21H,5-7,9H2,1-4H3,(H,20,23)/p+1. The summed E-state index contributed by atoms with van der Waals surface area (Å²) in [5, 5.41) is 15.2. The molecule has 0 bridgehead atoms. The van der Waals surface area contributed by atoms with Crippen molar-refractivity contribution in [3.8, 4) is 6.07 Å². The quantitative estimate of drug-likeness (QED) is 0.764. The highest BCUT2D eigenvalue weighted by Gasteiger charge is 2.44. The Labute approximate surface area is 156 Å². The molecule has 8 heteroatoms. The van der Waals surface area contributed by atoms with Gasteiger partial charge < -0.3 is 10.6 Å². The number of nitrogens with two attached hydrogens (primary N) is 1. The minimum Gasteiger partial charge on any atom is -0.333 e. The first kappa shape index (κ1) is 18.5. The molecule has 26 heavy (non-hydrogen) atoms. The summed E-state index contributed by atoms with van der Waals surface area (Å²) in [4.78, 5) is 37.8. The second-order valence-corrected chi connectivity index (χ2v) is 9.20. The van der Waals surface area contributed by atoms with Crippen LogP contribution in [0.2, 0.25) is 0 Å². The zero-order valence-corrected chi connectivity index (χ0v) is 16.2. The number of fused-ring (bicyclic) bond motifs is 1. The van der Waals surface area contributed by atoms with Gasteiger partial charge in [0, 0.05) is 19.3 Å². The molecule has 1 aromatic heterocycles. The average Bonchev–Trinajstić information content (AvgIpc) is 3.00. The molecule has 3 rings (SSSR count). The van der Waals surface area contributed by atoms with Gasteiger partial charge in [0.25, 0.3) is 0 Å². The van der Waals surface area contributed by atoms with E-state index in [2.05, 4.69) is 44.4 Å². The van der Waals surface area contributed by atoms with Crippen LogP contribution in [0.25, 0.3) is 0 Å². The highest BCUT2D eigenvalue weighted by atomic mass is 32.1. The first-order valence-corrected chi connectivity index (χ1v) is 9.42. The molecule has 1 fully saturated rings. The van der Waals surface area contributed by atoms with Crippen molar-refractivity contribution >= 4 is 34.1 Å². The van der Waals surface area contributed by atoms with E-state index in [4.69, 9.17) is 0 Å². The number of carbonyl (C=O) groups is 3. The van der Waals surface area contributed by atoms with Crippen LogP contribution in [-0.2, 0) is 26.3 Å². The van der Waals surface area contributed by atoms with Gasteiger partial charge in [0.15, 0.2) is 0 Å². The van der Waals surface area contributed by atoms with Gasteiger partial charge in [0.05, 0.1) is 16.0 Å². The van der Waals surface area contributed by atoms with Crippen molar-refractivity contribution in [1.82, 2.24) is 4.90 Å². The number of nitriles is 1. The Morgan fingerprint density at radius 1 is 1.27 bits per heavy atom. The first-order valence-electron chi connectivity index (χ1n) is 8.60. The second kappa shape index (κ2) is 6.18. The van der Waals surface area contributed by atoms with Crippen LogP contribution in [0.4, 0.5) is 5.00 Å². The molecule has 1 aromatic rings. The largest absolute Gasteiger partial charge is 0.333 e. The maximum absolute atomic E-state index is 12.4. The smallest absolute Gasteiger partial charge is 0.245 e. The molecule has 0 saturated carbocycles. The summed E-state index contributed by atoms with van der Waals surface area (Å²) in [6, 6.07) is 2.23. The van der Waals surface area contributed by atoms with Crippen molar-refractivity contribution in [1.29, 1.82) is 5.26 Å². The maximum Gasteiger partial charge on any atom is 0.245 e. The van der Waals surface area contributed by atoms with Gasteiger partial charge >= 0.3 is 0 Å². The number of carbonyl (C=O) groups excluding carboxylic acids is 3. The molecule has 0 radical (unpaired) electrons. The summed E-state index contributed by atoms with van der Waals surface area (Å²) < 4.78 is 0. The number of imide groups is 1. The first-order chi connectivity index (χ1) is 12.0. The van der Waals surface area contributed by atoms with Crippen LogP contribution < -0.4 is 10.6 Å². The normalized spacial score (nSPS) is 20.7. The summed E-state index contributed by atoms with van der Waals surface area (Å²) in [7, 11) is 0. The van der Waals surface area contributed by atoms with E-state index < -0.39 is 5.91 Å². The second-order valence-electron chi connectivity index (χ2n) is 8.18. The van der Waals surface area contributed by atoms with Crippen LogP contribution >= 0.6 is 11.3 Å². The van der Waals surface area contributed by atoms with Crippen LogP contribution in [0.1, 0.15) is 56.5 Å². The lowest BCUT2D eigenvalue weighted by Gasteiger charge is -2.38. The van der Waals surface area contributed by atoms with Crippen molar-refractivity contribution in [3.05, 3.63) is 16.0 Å². The summed E-state index contributed by atoms with van der Waals surface area (Å²) in [6.07, 6.45) is 1.05. The molecule has 138 valence electrons. The summed E-state index contributed by atoms with van der Waals surface area (Å²) >= 11 is 1.41. The lowest BCUT2D eigenvalue weighted by molar-refractivity contribution is -0.789. The Kier molecular flexibility index (Phi) is 4.41. The van der Waals surface area contributed by atoms with Gasteiger partial charge in [-0.2, -0.15) is 5.26 Å². The number of rotatable bonds is 3. The van der Waals surface area contributed by atoms with Crippen molar-refractivity contribution in [2.45, 2.75) is 58.0 Å². The van der Waals surface area contributed by atoms with E-state index in [1.807, 2.05) is 0 Å². The Balaban J connectivity index is 1.87. The predicted molar refractivity (Wildman–Crippen MR) is 96.4 cm³/mol. The third kappa shape index (κ3) is 3.24. The molecule has 0 aromatic carbocycles. The average molecular weight is 375 g/mol. The lowest BCUT2D eigenvalue weighted by atomic mass is 9.81. The topological polar surface area (TPSA) is 107 Å². The van der Waals surface area contributed by atoms with E-state index >= 15 is 0 Å². The molecule has 7 nitrogen and oxygen atoms in total. The lowest BCUT2D eigenvalue weighted by Crippen LogP contribution is -3.03. The number of hydrogen-bond acceptors (Lipinski definition) is 5. The monoisotopic (exact) mass is 375 g/mol. The molecule has 3 N–H and O–H groups in total. The Bertz CT molecular complexity index is 831. The van der Waals surface area contributed by atoms with Crippen molar-refractivity contribution in [2.24, 2.45) is 0 Å². The van der Waals surface area contributed by atoms with Gasteiger partial charge in [-0.3, -0.25) is 19.3 Å². The number of nitrogens with one attached hydrogen (secondary N) is 1. The number of quaternary nitrogens is 1. The van der Waals surface area contributed by atoms with Crippen molar-refractivity contribution < 1.29 is 19.7 Å².